The van der Waals surface area contributed by atoms with Crippen LogP contribution in [-0.2, 0) is 13.0 Å². The highest BCUT2D eigenvalue weighted by atomic mass is 32.2. The van der Waals surface area contributed by atoms with Crippen LogP contribution in [0, 0.1) is 5.92 Å². The molecule has 28 heavy (non-hydrogen) atoms. The molecule has 0 saturated carbocycles. The minimum absolute atomic E-state index is 0.586. The Balaban J connectivity index is 1.77. The average Bonchev–Trinajstić information content (AvgIpc) is 3.07. The number of piperidine rings is 1. The maximum Gasteiger partial charge on any atom is 0.191 e. The Morgan fingerprint density at radius 2 is 1.96 bits per heavy atom. The van der Waals surface area contributed by atoms with Gasteiger partial charge in [0.1, 0.15) is 5.82 Å². The topological polar surface area (TPSA) is 70.4 Å². The zero-order valence-electron chi connectivity index (χ0n) is 18.2. The fourth-order valence-corrected chi connectivity index (χ4v) is 4.01. The Kier molecular flexibility index (Phi) is 10.7. The van der Waals surface area contributed by atoms with Gasteiger partial charge in [0.15, 0.2) is 11.1 Å². The Morgan fingerprint density at radius 1 is 1.18 bits per heavy atom. The van der Waals surface area contributed by atoms with E-state index in [0.29, 0.717) is 5.92 Å². The number of aliphatic imine (C=N–C) groups is 1. The highest BCUT2D eigenvalue weighted by Crippen LogP contribution is 2.16. The third kappa shape index (κ3) is 7.99. The molecule has 0 aliphatic carbocycles. The van der Waals surface area contributed by atoms with E-state index in [1.54, 1.807) is 11.8 Å². The second-order valence-corrected chi connectivity index (χ2v) is 8.57. The van der Waals surface area contributed by atoms with E-state index in [-0.39, 0.29) is 0 Å². The van der Waals surface area contributed by atoms with E-state index in [2.05, 4.69) is 57.3 Å². The number of nitrogens with one attached hydrogen (secondary N) is 2. The lowest BCUT2D eigenvalue weighted by atomic mass is 10.1. The molecule has 0 radical (unpaired) electrons. The Morgan fingerprint density at radius 3 is 2.64 bits per heavy atom. The van der Waals surface area contributed by atoms with Gasteiger partial charge in [-0.1, -0.05) is 32.0 Å². The number of aryl methyl sites for hydroxylation is 1. The van der Waals surface area contributed by atoms with Crippen molar-refractivity contribution in [1.29, 1.82) is 0 Å². The monoisotopic (exact) mass is 409 g/mol. The number of nitrogens with zero attached hydrogens (tertiary/aromatic N) is 5. The van der Waals surface area contributed by atoms with Crippen molar-refractivity contribution < 1.29 is 0 Å². The average molecular weight is 410 g/mol. The zero-order chi connectivity index (χ0) is 20.2. The molecule has 0 amide bonds. The van der Waals surface area contributed by atoms with E-state index in [9.17, 15) is 0 Å². The third-order valence-electron chi connectivity index (χ3n) is 4.87. The first-order chi connectivity index (χ1) is 13.6. The quantitative estimate of drug-likeness (QED) is 0.253. The first-order valence-corrected chi connectivity index (χ1v) is 12.1. The van der Waals surface area contributed by atoms with E-state index in [0.717, 1.165) is 62.5 Å². The molecule has 2 N–H and O–H groups in total. The maximum atomic E-state index is 4.74. The van der Waals surface area contributed by atoms with Crippen molar-refractivity contribution in [3.63, 3.8) is 0 Å². The molecule has 1 aliphatic heterocycles. The van der Waals surface area contributed by atoms with Crippen LogP contribution in [0.15, 0.2) is 10.1 Å². The van der Waals surface area contributed by atoms with E-state index in [1.165, 1.54) is 32.4 Å². The number of aromatic nitrogens is 3. The van der Waals surface area contributed by atoms with Gasteiger partial charge in [-0.2, -0.15) is 0 Å². The molecule has 1 aliphatic rings. The molecule has 0 atom stereocenters. The Bertz CT molecular complexity index is 579. The van der Waals surface area contributed by atoms with Gasteiger partial charge < -0.3 is 20.1 Å². The number of hydrogen-bond acceptors (Lipinski definition) is 5. The second kappa shape index (κ2) is 13.0. The molecular weight excluding hydrogens is 370 g/mol. The van der Waals surface area contributed by atoms with Gasteiger partial charge in [0.05, 0.1) is 0 Å². The van der Waals surface area contributed by atoms with Crippen molar-refractivity contribution in [3.8, 4) is 0 Å². The summed E-state index contributed by atoms with van der Waals surface area (Å²) in [6, 6.07) is 0. The molecule has 160 valence electrons. The second-order valence-electron chi connectivity index (χ2n) is 7.80. The van der Waals surface area contributed by atoms with Crippen molar-refractivity contribution in [2.75, 3.05) is 45.5 Å². The summed E-state index contributed by atoms with van der Waals surface area (Å²) < 4.78 is 2.27. The summed E-state index contributed by atoms with van der Waals surface area (Å²) in [6.07, 6.45) is 8.02. The molecule has 0 unspecified atom stereocenters. The van der Waals surface area contributed by atoms with E-state index in [4.69, 9.17) is 4.99 Å². The first kappa shape index (κ1) is 23.0. The number of thioether (sulfide) groups is 1. The van der Waals surface area contributed by atoms with Crippen molar-refractivity contribution >= 4 is 17.7 Å². The van der Waals surface area contributed by atoms with Gasteiger partial charge in [-0.25, -0.2) is 0 Å². The van der Waals surface area contributed by atoms with Gasteiger partial charge in [-0.3, -0.25) is 4.99 Å². The Labute approximate surface area is 175 Å². The minimum atomic E-state index is 0.586. The molecule has 8 heteroatoms. The van der Waals surface area contributed by atoms with Crippen molar-refractivity contribution in [3.05, 3.63) is 5.82 Å². The molecule has 2 heterocycles. The van der Waals surface area contributed by atoms with Crippen LogP contribution in [0.5, 0.6) is 0 Å². The lowest BCUT2D eigenvalue weighted by molar-refractivity contribution is 0.232. The van der Waals surface area contributed by atoms with Crippen LogP contribution in [-0.4, -0.2) is 71.1 Å². The zero-order valence-corrected chi connectivity index (χ0v) is 19.0. The standard InChI is InChI=1S/C20H39N7S/c1-5-21-19(23-12-15-26-13-7-6-8-14-26)22-11-9-10-18-24-25-20(28-4)27(18)16-17(2)3/h17H,5-16H2,1-4H3,(H2,21,22,23). The number of hydrogen-bond donors (Lipinski definition) is 2. The van der Waals surface area contributed by atoms with Crippen LogP contribution in [0.3, 0.4) is 0 Å². The van der Waals surface area contributed by atoms with Crippen LogP contribution < -0.4 is 10.6 Å². The first-order valence-electron chi connectivity index (χ1n) is 10.8. The van der Waals surface area contributed by atoms with Crippen LogP contribution in [0.4, 0.5) is 0 Å². The summed E-state index contributed by atoms with van der Waals surface area (Å²) in [7, 11) is 0. The predicted octanol–water partition coefficient (Wildman–Crippen LogP) is 2.63. The molecule has 2 rings (SSSR count). The van der Waals surface area contributed by atoms with E-state index >= 15 is 0 Å². The fourth-order valence-electron chi connectivity index (χ4n) is 3.49. The van der Waals surface area contributed by atoms with Gasteiger partial charge in [-0.05, 0) is 51.4 Å². The fraction of sp³-hybridized carbons (Fsp3) is 0.850. The molecule has 1 aromatic rings. The minimum Gasteiger partial charge on any atom is -0.357 e. The highest BCUT2D eigenvalue weighted by Gasteiger charge is 2.12. The molecule has 0 bridgehead atoms. The van der Waals surface area contributed by atoms with E-state index in [1.807, 2.05) is 0 Å². The lowest BCUT2D eigenvalue weighted by Crippen LogP contribution is -2.42. The number of guanidine groups is 1. The van der Waals surface area contributed by atoms with Crippen LogP contribution in [0.25, 0.3) is 0 Å². The summed E-state index contributed by atoms with van der Waals surface area (Å²) in [5, 5.41) is 16.6. The van der Waals surface area contributed by atoms with Gasteiger partial charge in [0.25, 0.3) is 0 Å². The van der Waals surface area contributed by atoms with Crippen molar-refractivity contribution in [2.24, 2.45) is 10.9 Å². The van der Waals surface area contributed by atoms with Crippen LogP contribution >= 0.6 is 11.8 Å². The molecule has 0 aromatic carbocycles. The smallest absolute Gasteiger partial charge is 0.191 e. The molecule has 1 saturated heterocycles. The van der Waals surface area contributed by atoms with Crippen molar-refractivity contribution in [1.82, 2.24) is 30.3 Å². The summed E-state index contributed by atoms with van der Waals surface area (Å²) >= 11 is 1.67. The summed E-state index contributed by atoms with van der Waals surface area (Å²) in [5.41, 5.74) is 0. The Hall–Kier alpha value is -1.28. The number of likely N-dealkylation sites (tertiary alicyclic amines) is 1. The third-order valence-corrected chi connectivity index (χ3v) is 5.53. The van der Waals surface area contributed by atoms with Gasteiger partial charge in [-0.15, -0.1) is 10.2 Å². The van der Waals surface area contributed by atoms with E-state index < -0.39 is 0 Å². The molecule has 0 spiro atoms. The molecule has 1 fully saturated rings. The SMILES string of the molecule is CCNC(=NCCCc1nnc(SC)n1CC(C)C)NCCN1CCCCC1. The van der Waals surface area contributed by atoms with Crippen molar-refractivity contribution in [2.45, 2.75) is 64.6 Å². The van der Waals surface area contributed by atoms with Gasteiger partial charge in [0.2, 0.25) is 0 Å². The summed E-state index contributed by atoms with van der Waals surface area (Å²) in [4.78, 5) is 7.29. The maximum absolute atomic E-state index is 4.74. The predicted molar refractivity (Wildman–Crippen MR) is 119 cm³/mol. The van der Waals surface area contributed by atoms with Gasteiger partial charge >= 0.3 is 0 Å². The largest absolute Gasteiger partial charge is 0.357 e. The summed E-state index contributed by atoms with van der Waals surface area (Å²) in [5.74, 6) is 2.59. The van der Waals surface area contributed by atoms with Crippen LogP contribution in [0.2, 0.25) is 0 Å². The molecule has 7 nitrogen and oxygen atoms in total. The normalized spacial score (nSPS) is 16.0. The molecular formula is C20H39N7S. The lowest BCUT2D eigenvalue weighted by Gasteiger charge is -2.26. The number of rotatable bonds is 11. The van der Waals surface area contributed by atoms with Crippen LogP contribution in [0.1, 0.15) is 52.3 Å². The highest BCUT2D eigenvalue weighted by molar-refractivity contribution is 7.98. The summed E-state index contributed by atoms with van der Waals surface area (Å²) in [6.45, 7) is 13.8. The van der Waals surface area contributed by atoms with Gasteiger partial charge in [0, 0.05) is 39.1 Å². The molecule has 1 aromatic heterocycles.